The SMILES string of the molecule is CCN(CC)[C@H](CNC(=O)Nc1cc(C)on1)c1cccc(OC)c1. The van der Waals surface area contributed by atoms with Gasteiger partial charge in [0.25, 0.3) is 0 Å². The molecule has 25 heavy (non-hydrogen) atoms. The average Bonchev–Trinajstić information content (AvgIpc) is 3.03. The van der Waals surface area contributed by atoms with Gasteiger partial charge in [-0.25, -0.2) is 4.79 Å². The van der Waals surface area contributed by atoms with Gasteiger partial charge in [-0.15, -0.1) is 0 Å². The average molecular weight is 346 g/mol. The van der Waals surface area contributed by atoms with E-state index < -0.39 is 0 Å². The molecule has 7 nitrogen and oxygen atoms in total. The Kier molecular flexibility index (Phi) is 6.82. The van der Waals surface area contributed by atoms with Crippen molar-refractivity contribution in [1.29, 1.82) is 0 Å². The molecule has 0 unspecified atom stereocenters. The zero-order valence-electron chi connectivity index (χ0n) is 15.2. The summed E-state index contributed by atoms with van der Waals surface area (Å²) in [7, 11) is 1.65. The van der Waals surface area contributed by atoms with Crippen molar-refractivity contribution in [3.05, 3.63) is 41.7 Å². The summed E-state index contributed by atoms with van der Waals surface area (Å²) in [6.45, 7) is 8.21. The molecule has 0 aliphatic rings. The molecule has 0 aliphatic carbocycles. The lowest BCUT2D eigenvalue weighted by molar-refractivity contribution is 0.209. The highest BCUT2D eigenvalue weighted by molar-refractivity contribution is 5.88. The molecule has 0 aliphatic heterocycles. The first-order valence-electron chi connectivity index (χ1n) is 8.43. The molecule has 0 spiro atoms. The lowest BCUT2D eigenvalue weighted by Crippen LogP contribution is -2.39. The van der Waals surface area contributed by atoms with Gasteiger partial charge in [-0.3, -0.25) is 10.2 Å². The van der Waals surface area contributed by atoms with Crippen LogP contribution in [0, 0.1) is 6.92 Å². The van der Waals surface area contributed by atoms with Crippen molar-refractivity contribution in [2.75, 3.05) is 32.1 Å². The fourth-order valence-corrected chi connectivity index (χ4v) is 2.75. The molecule has 0 saturated carbocycles. The number of aryl methyl sites for hydroxylation is 1. The number of hydrogen-bond acceptors (Lipinski definition) is 5. The van der Waals surface area contributed by atoms with Gasteiger partial charge in [0, 0.05) is 12.6 Å². The molecule has 2 aromatic rings. The van der Waals surface area contributed by atoms with E-state index in [-0.39, 0.29) is 12.1 Å². The number of likely N-dealkylation sites (N-methyl/N-ethyl adjacent to an activating group) is 1. The van der Waals surface area contributed by atoms with Crippen LogP contribution in [-0.2, 0) is 0 Å². The number of methoxy groups -OCH3 is 1. The van der Waals surface area contributed by atoms with Crippen LogP contribution in [-0.4, -0.2) is 42.8 Å². The predicted octanol–water partition coefficient (Wildman–Crippen LogP) is 3.20. The molecule has 2 N–H and O–H groups in total. The third-order valence-electron chi connectivity index (χ3n) is 4.06. The number of ether oxygens (including phenoxy) is 1. The summed E-state index contributed by atoms with van der Waals surface area (Å²) in [5, 5.41) is 9.34. The molecule has 2 rings (SSSR count). The van der Waals surface area contributed by atoms with E-state index in [0.29, 0.717) is 18.1 Å². The molecule has 1 aromatic carbocycles. The normalized spacial score (nSPS) is 12.0. The zero-order chi connectivity index (χ0) is 18.2. The largest absolute Gasteiger partial charge is 0.497 e. The van der Waals surface area contributed by atoms with Gasteiger partial charge in [0.05, 0.1) is 13.2 Å². The van der Waals surface area contributed by atoms with Crippen LogP contribution in [0.1, 0.15) is 31.2 Å². The van der Waals surface area contributed by atoms with E-state index in [9.17, 15) is 4.79 Å². The number of carbonyl (C=O) groups is 1. The molecule has 2 amide bonds. The number of nitrogens with one attached hydrogen (secondary N) is 2. The van der Waals surface area contributed by atoms with Gasteiger partial charge in [0.2, 0.25) is 0 Å². The number of carbonyl (C=O) groups excluding carboxylic acids is 1. The monoisotopic (exact) mass is 346 g/mol. The summed E-state index contributed by atoms with van der Waals surface area (Å²) < 4.78 is 10.3. The number of anilines is 1. The van der Waals surface area contributed by atoms with Gasteiger partial charge in [-0.2, -0.15) is 0 Å². The number of benzene rings is 1. The van der Waals surface area contributed by atoms with E-state index in [1.54, 1.807) is 20.1 Å². The smallest absolute Gasteiger partial charge is 0.320 e. The van der Waals surface area contributed by atoms with Crippen LogP contribution in [0.2, 0.25) is 0 Å². The molecule has 1 heterocycles. The molecular weight excluding hydrogens is 320 g/mol. The third-order valence-corrected chi connectivity index (χ3v) is 4.06. The Hall–Kier alpha value is -2.54. The second kappa shape index (κ2) is 9.08. The molecule has 7 heteroatoms. The van der Waals surface area contributed by atoms with Gasteiger partial charge in [0.15, 0.2) is 5.82 Å². The van der Waals surface area contributed by atoms with Crippen LogP contribution in [0.3, 0.4) is 0 Å². The maximum Gasteiger partial charge on any atom is 0.320 e. The van der Waals surface area contributed by atoms with Crippen LogP contribution in [0.5, 0.6) is 5.75 Å². The summed E-state index contributed by atoms with van der Waals surface area (Å²) in [6, 6.07) is 9.33. The minimum absolute atomic E-state index is 0.0508. The first-order chi connectivity index (χ1) is 12.1. The topological polar surface area (TPSA) is 79.6 Å². The van der Waals surface area contributed by atoms with Crippen molar-refractivity contribution in [1.82, 2.24) is 15.4 Å². The van der Waals surface area contributed by atoms with E-state index in [1.807, 2.05) is 24.3 Å². The highest BCUT2D eigenvalue weighted by Crippen LogP contribution is 2.23. The van der Waals surface area contributed by atoms with Gasteiger partial charge in [0.1, 0.15) is 11.5 Å². The van der Waals surface area contributed by atoms with Crippen molar-refractivity contribution in [3.63, 3.8) is 0 Å². The molecule has 0 bridgehead atoms. The fourth-order valence-electron chi connectivity index (χ4n) is 2.75. The van der Waals surface area contributed by atoms with Gasteiger partial charge in [-0.05, 0) is 37.7 Å². The van der Waals surface area contributed by atoms with E-state index in [0.717, 1.165) is 24.4 Å². The minimum Gasteiger partial charge on any atom is -0.497 e. The van der Waals surface area contributed by atoms with E-state index in [4.69, 9.17) is 9.26 Å². The summed E-state index contributed by atoms with van der Waals surface area (Å²) in [4.78, 5) is 14.4. The highest BCUT2D eigenvalue weighted by atomic mass is 16.5. The number of rotatable bonds is 8. The molecular formula is C18H26N4O3. The zero-order valence-corrected chi connectivity index (χ0v) is 15.2. The van der Waals surface area contributed by atoms with Crippen LogP contribution < -0.4 is 15.4 Å². The van der Waals surface area contributed by atoms with Gasteiger partial charge < -0.3 is 14.6 Å². The Labute approximate surface area is 148 Å². The minimum atomic E-state index is -0.312. The quantitative estimate of drug-likeness (QED) is 0.767. The standard InChI is InChI=1S/C18H26N4O3/c1-5-22(6-2)16(14-8-7-9-15(11-14)24-4)12-19-18(23)20-17-10-13(3)25-21-17/h7-11,16H,5-6,12H2,1-4H3,(H2,19,20,21,23)/t16-/m1/s1. The lowest BCUT2D eigenvalue weighted by Gasteiger charge is -2.30. The van der Waals surface area contributed by atoms with Crippen molar-refractivity contribution < 1.29 is 14.1 Å². The Bertz CT molecular complexity index is 682. The Morgan fingerprint density at radius 2 is 2.08 bits per heavy atom. The molecule has 0 fully saturated rings. The maximum atomic E-state index is 12.1. The number of urea groups is 1. The summed E-state index contributed by atoms with van der Waals surface area (Å²) in [5.41, 5.74) is 1.10. The first-order valence-corrected chi connectivity index (χ1v) is 8.43. The van der Waals surface area contributed by atoms with Gasteiger partial charge in [-0.1, -0.05) is 31.1 Å². The summed E-state index contributed by atoms with van der Waals surface area (Å²) in [6.07, 6.45) is 0. The number of amides is 2. The van der Waals surface area contributed by atoms with Crippen LogP contribution in [0.25, 0.3) is 0 Å². The summed E-state index contributed by atoms with van der Waals surface area (Å²) in [5.74, 6) is 1.85. The van der Waals surface area contributed by atoms with Crippen molar-refractivity contribution in [2.45, 2.75) is 26.8 Å². The summed E-state index contributed by atoms with van der Waals surface area (Å²) >= 11 is 0. The number of aromatic nitrogens is 1. The second-order valence-corrected chi connectivity index (χ2v) is 5.67. The second-order valence-electron chi connectivity index (χ2n) is 5.67. The van der Waals surface area contributed by atoms with Crippen molar-refractivity contribution in [3.8, 4) is 5.75 Å². The fraction of sp³-hybridized carbons (Fsp3) is 0.444. The number of nitrogens with zero attached hydrogens (tertiary/aromatic N) is 2. The lowest BCUT2D eigenvalue weighted by atomic mass is 10.0. The number of hydrogen-bond donors (Lipinski definition) is 2. The Morgan fingerprint density at radius 3 is 2.68 bits per heavy atom. The maximum absolute atomic E-state index is 12.1. The highest BCUT2D eigenvalue weighted by Gasteiger charge is 2.19. The Balaban J connectivity index is 2.06. The molecule has 0 saturated heterocycles. The van der Waals surface area contributed by atoms with Crippen LogP contribution in [0.4, 0.5) is 10.6 Å². The van der Waals surface area contributed by atoms with Crippen LogP contribution >= 0.6 is 0 Å². The molecule has 0 radical (unpaired) electrons. The van der Waals surface area contributed by atoms with E-state index >= 15 is 0 Å². The predicted molar refractivity (Wildman–Crippen MR) is 96.9 cm³/mol. The van der Waals surface area contributed by atoms with E-state index in [1.165, 1.54) is 0 Å². The first kappa shape index (κ1) is 18.8. The third kappa shape index (κ3) is 5.22. The molecule has 1 atom stereocenters. The van der Waals surface area contributed by atoms with E-state index in [2.05, 4.69) is 34.5 Å². The van der Waals surface area contributed by atoms with Crippen LogP contribution in [0.15, 0.2) is 34.9 Å². The molecule has 136 valence electrons. The van der Waals surface area contributed by atoms with Crippen molar-refractivity contribution in [2.24, 2.45) is 0 Å². The van der Waals surface area contributed by atoms with Gasteiger partial charge >= 0.3 is 6.03 Å². The molecule has 1 aromatic heterocycles. The van der Waals surface area contributed by atoms with Crippen molar-refractivity contribution >= 4 is 11.8 Å². The Morgan fingerprint density at radius 1 is 1.32 bits per heavy atom.